The summed E-state index contributed by atoms with van der Waals surface area (Å²) in [6, 6.07) is 0.564. The lowest BCUT2D eigenvalue weighted by Gasteiger charge is -2.29. The van der Waals surface area contributed by atoms with Crippen molar-refractivity contribution in [3.63, 3.8) is 0 Å². The van der Waals surface area contributed by atoms with Crippen molar-refractivity contribution < 1.29 is 9.90 Å². The molecule has 17 heavy (non-hydrogen) atoms. The zero-order valence-electron chi connectivity index (χ0n) is 11.8. The lowest BCUT2D eigenvalue weighted by Crippen LogP contribution is -2.40. The summed E-state index contributed by atoms with van der Waals surface area (Å²) in [5.41, 5.74) is 0. The Labute approximate surface area is 106 Å². The summed E-state index contributed by atoms with van der Waals surface area (Å²) in [7, 11) is 4.19. The van der Waals surface area contributed by atoms with Crippen LogP contribution in [-0.2, 0) is 4.79 Å². The first-order valence-corrected chi connectivity index (χ1v) is 6.58. The summed E-state index contributed by atoms with van der Waals surface area (Å²) in [5, 5.41) is 8.54. The Morgan fingerprint density at radius 3 is 2.35 bits per heavy atom. The van der Waals surface area contributed by atoms with Crippen molar-refractivity contribution in [1.82, 2.24) is 9.80 Å². The quantitative estimate of drug-likeness (QED) is 0.596. The Morgan fingerprint density at radius 1 is 1.24 bits per heavy atom. The van der Waals surface area contributed by atoms with E-state index in [-0.39, 0.29) is 0 Å². The fourth-order valence-electron chi connectivity index (χ4n) is 2.10. The van der Waals surface area contributed by atoms with Gasteiger partial charge in [0.1, 0.15) is 0 Å². The summed E-state index contributed by atoms with van der Waals surface area (Å²) >= 11 is 0. The second-order valence-electron chi connectivity index (χ2n) is 4.94. The van der Waals surface area contributed by atoms with Crippen molar-refractivity contribution in [3.05, 3.63) is 0 Å². The van der Waals surface area contributed by atoms with Gasteiger partial charge in [0.2, 0.25) is 0 Å². The molecule has 0 bridgehead atoms. The van der Waals surface area contributed by atoms with Crippen molar-refractivity contribution in [2.45, 2.75) is 45.6 Å². The molecule has 0 aliphatic heterocycles. The van der Waals surface area contributed by atoms with E-state index in [9.17, 15) is 4.79 Å². The number of rotatable bonds is 10. The van der Waals surface area contributed by atoms with Crippen molar-refractivity contribution in [2.75, 3.05) is 33.7 Å². The molecule has 0 saturated carbocycles. The lowest BCUT2D eigenvalue weighted by molar-refractivity contribution is -0.137. The van der Waals surface area contributed by atoms with Gasteiger partial charge in [0.05, 0.1) is 0 Å². The van der Waals surface area contributed by atoms with Crippen molar-refractivity contribution >= 4 is 5.97 Å². The molecule has 0 aromatic heterocycles. The summed E-state index contributed by atoms with van der Waals surface area (Å²) in [6.45, 7) is 7.65. The van der Waals surface area contributed by atoms with E-state index < -0.39 is 5.97 Å². The number of hydrogen-bond acceptors (Lipinski definition) is 3. The van der Waals surface area contributed by atoms with E-state index in [0.29, 0.717) is 12.5 Å². The standard InChI is InChI=1S/C13H28N2O2/c1-5-15(12(2)11-14(3)4)10-8-6-7-9-13(16)17/h12H,5-11H2,1-4H3,(H,16,17). The zero-order chi connectivity index (χ0) is 13.3. The Kier molecular flexibility index (Phi) is 9.09. The SMILES string of the molecule is CCN(CCCCCC(=O)O)C(C)CN(C)C. The van der Waals surface area contributed by atoms with Gasteiger partial charge in [-0.2, -0.15) is 0 Å². The zero-order valence-corrected chi connectivity index (χ0v) is 11.8. The monoisotopic (exact) mass is 244 g/mol. The van der Waals surface area contributed by atoms with Crippen LogP contribution in [0.15, 0.2) is 0 Å². The number of carbonyl (C=O) groups is 1. The highest BCUT2D eigenvalue weighted by Gasteiger charge is 2.12. The van der Waals surface area contributed by atoms with Crippen molar-refractivity contribution in [1.29, 1.82) is 0 Å². The number of aliphatic carboxylic acids is 1. The van der Waals surface area contributed by atoms with E-state index in [0.717, 1.165) is 38.9 Å². The van der Waals surface area contributed by atoms with E-state index in [1.807, 2.05) is 0 Å². The van der Waals surface area contributed by atoms with Crippen LogP contribution in [0.25, 0.3) is 0 Å². The van der Waals surface area contributed by atoms with Crippen LogP contribution in [0.1, 0.15) is 39.5 Å². The first kappa shape index (κ1) is 16.4. The van der Waals surface area contributed by atoms with Crippen LogP contribution in [0.4, 0.5) is 0 Å². The summed E-state index contributed by atoms with van der Waals surface area (Å²) in [6.07, 6.45) is 3.21. The molecule has 1 N–H and O–H groups in total. The molecular weight excluding hydrogens is 216 g/mol. The van der Waals surface area contributed by atoms with Gasteiger partial charge in [-0.1, -0.05) is 13.3 Å². The Balaban J connectivity index is 3.70. The van der Waals surface area contributed by atoms with Gasteiger partial charge in [-0.05, 0) is 47.0 Å². The van der Waals surface area contributed by atoms with Crippen LogP contribution in [0.2, 0.25) is 0 Å². The first-order valence-electron chi connectivity index (χ1n) is 6.58. The third kappa shape index (κ3) is 9.12. The Bertz CT molecular complexity index is 208. The van der Waals surface area contributed by atoms with E-state index in [4.69, 9.17) is 5.11 Å². The van der Waals surface area contributed by atoms with Crippen LogP contribution < -0.4 is 0 Å². The molecule has 1 unspecified atom stereocenters. The maximum absolute atomic E-state index is 10.4. The third-order valence-electron chi connectivity index (χ3n) is 2.99. The molecule has 0 heterocycles. The number of nitrogens with zero attached hydrogens (tertiary/aromatic N) is 2. The second kappa shape index (κ2) is 9.42. The maximum atomic E-state index is 10.4. The molecule has 102 valence electrons. The molecule has 0 rings (SSSR count). The van der Waals surface area contributed by atoms with Gasteiger partial charge in [0.15, 0.2) is 0 Å². The molecule has 0 aliphatic rings. The molecule has 0 saturated heterocycles. The van der Waals surface area contributed by atoms with Gasteiger partial charge < -0.3 is 10.0 Å². The van der Waals surface area contributed by atoms with Crippen LogP contribution in [-0.4, -0.2) is 60.6 Å². The Hall–Kier alpha value is -0.610. The van der Waals surface area contributed by atoms with E-state index >= 15 is 0 Å². The largest absolute Gasteiger partial charge is 0.481 e. The Morgan fingerprint density at radius 2 is 1.88 bits per heavy atom. The number of likely N-dealkylation sites (N-methyl/N-ethyl adjacent to an activating group) is 2. The molecule has 0 spiro atoms. The van der Waals surface area contributed by atoms with Crippen LogP contribution >= 0.6 is 0 Å². The lowest BCUT2D eigenvalue weighted by atomic mass is 10.1. The van der Waals surface area contributed by atoms with Gasteiger partial charge in [-0.15, -0.1) is 0 Å². The first-order chi connectivity index (χ1) is 7.97. The van der Waals surface area contributed by atoms with Gasteiger partial charge in [0, 0.05) is 19.0 Å². The highest BCUT2D eigenvalue weighted by atomic mass is 16.4. The molecule has 0 aromatic carbocycles. The summed E-state index contributed by atoms with van der Waals surface area (Å²) in [5.74, 6) is -0.682. The number of unbranched alkanes of at least 4 members (excludes halogenated alkanes) is 2. The van der Waals surface area contributed by atoms with Crippen LogP contribution in [0.3, 0.4) is 0 Å². The van der Waals surface area contributed by atoms with Gasteiger partial charge in [-0.3, -0.25) is 9.69 Å². The number of carboxylic acid groups (broad SMARTS) is 1. The predicted molar refractivity (Wildman–Crippen MR) is 71.4 cm³/mol. The molecule has 1 atom stereocenters. The molecular formula is C13H28N2O2. The maximum Gasteiger partial charge on any atom is 0.303 e. The van der Waals surface area contributed by atoms with E-state index in [1.165, 1.54) is 0 Å². The predicted octanol–water partition coefficient (Wildman–Crippen LogP) is 1.90. The minimum atomic E-state index is -0.682. The molecule has 0 amide bonds. The molecule has 0 fully saturated rings. The van der Waals surface area contributed by atoms with E-state index in [1.54, 1.807) is 0 Å². The van der Waals surface area contributed by atoms with Gasteiger partial charge in [0.25, 0.3) is 0 Å². The van der Waals surface area contributed by atoms with Gasteiger partial charge in [-0.25, -0.2) is 0 Å². The van der Waals surface area contributed by atoms with Crippen LogP contribution in [0, 0.1) is 0 Å². The second-order valence-corrected chi connectivity index (χ2v) is 4.94. The average Bonchev–Trinajstić information content (AvgIpc) is 2.21. The minimum Gasteiger partial charge on any atom is -0.481 e. The van der Waals surface area contributed by atoms with Crippen LogP contribution in [0.5, 0.6) is 0 Å². The number of carboxylic acids is 1. The molecule has 4 nitrogen and oxygen atoms in total. The van der Waals surface area contributed by atoms with Gasteiger partial charge >= 0.3 is 5.97 Å². The highest BCUT2D eigenvalue weighted by molar-refractivity contribution is 5.66. The van der Waals surface area contributed by atoms with Crippen molar-refractivity contribution in [2.24, 2.45) is 0 Å². The topological polar surface area (TPSA) is 43.8 Å². The van der Waals surface area contributed by atoms with E-state index in [2.05, 4.69) is 37.7 Å². The fraction of sp³-hybridized carbons (Fsp3) is 0.923. The minimum absolute atomic E-state index is 0.305. The molecule has 0 aromatic rings. The third-order valence-corrected chi connectivity index (χ3v) is 2.99. The molecule has 0 radical (unpaired) electrons. The fourth-order valence-corrected chi connectivity index (χ4v) is 2.10. The smallest absolute Gasteiger partial charge is 0.303 e. The number of hydrogen-bond donors (Lipinski definition) is 1. The normalized spacial score (nSPS) is 13.3. The molecule has 0 aliphatic carbocycles. The average molecular weight is 244 g/mol. The summed E-state index contributed by atoms with van der Waals surface area (Å²) < 4.78 is 0. The summed E-state index contributed by atoms with van der Waals surface area (Å²) in [4.78, 5) is 15.0. The van der Waals surface area contributed by atoms with Crippen molar-refractivity contribution in [3.8, 4) is 0 Å². The highest BCUT2D eigenvalue weighted by Crippen LogP contribution is 2.05. The molecule has 4 heteroatoms.